The minimum atomic E-state index is -4.48. The van der Waals surface area contributed by atoms with E-state index >= 15 is 0 Å². The molecule has 0 saturated carbocycles. The number of rotatable bonds is 8. The van der Waals surface area contributed by atoms with Gasteiger partial charge in [-0.3, -0.25) is 0 Å². The van der Waals surface area contributed by atoms with Crippen molar-refractivity contribution in [3.05, 3.63) is 54.6 Å². The van der Waals surface area contributed by atoms with Gasteiger partial charge in [-0.05, 0) is 0 Å². The third kappa shape index (κ3) is 6.55. The molecule has 0 radical (unpaired) electrons. The van der Waals surface area contributed by atoms with Gasteiger partial charge in [0.1, 0.15) is 0 Å². The standard InChI is InChI=1S/C20H22F3NO3Se/c1-19(2,27-13-20(21,22)23)17(18(25)24-14-9-5-4-6-10-14)28-16-12-8-7-11-15(16)26-3/h4-12,17H,13H2,1-3H3,(H,24,25). The Bertz CT molecular complexity index is 782. The van der Waals surface area contributed by atoms with Gasteiger partial charge in [-0.1, -0.05) is 0 Å². The van der Waals surface area contributed by atoms with Crippen LogP contribution < -0.4 is 14.5 Å². The Balaban J connectivity index is 2.29. The first-order valence-electron chi connectivity index (χ1n) is 8.49. The van der Waals surface area contributed by atoms with Crippen molar-refractivity contribution in [1.29, 1.82) is 0 Å². The summed E-state index contributed by atoms with van der Waals surface area (Å²) in [4.78, 5) is 12.2. The first kappa shape index (κ1) is 22.3. The van der Waals surface area contributed by atoms with Gasteiger partial charge >= 0.3 is 168 Å². The monoisotopic (exact) mass is 461 g/mol. The van der Waals surface area contributed by atoms with E-state index in [-0.39, 0.29) is 0 Å². The molecule has 0 aliphatic rings. The second-order valence-corrected chi connectivity index (χ2v) is 8.92. The summed E-state index contributed by atoms with van der Waals surface area (Å²) in [6.07, 6.45) is -4.48. The van der Waals surface area contributed by atoms with E-state index in [9.17, 15) is 18.0 Å². The molecule has 152 valence electrons. The fraction of sp³-hybridized carbons (Fsp3) is 0.350. The quantitative estimate of drug-likeness (QED) is 0.610. The number of para-hydroxylation sites is 2. The summed E-state index contributed by atoms with van der Waals surface area (Å²) in [6, 6.07) is 15.9. The second kappa shape index (κ2) is 9.45. The van der Waals surface area contributed by atoms with Crippen molar-refractivity contribution in [2.24, 2.45) is 0 Å². The van der Waals surface area contributed by atoms with Gasteiger partial charge in [0.05, 0.1) is 0 Å². The van der Waals surface area contributed by atoms with Crippen LogP contribution in [0.2, 0.25) is 4.82 Å². The van der Waals surface area contributed by atoms with Crippen LogP contribution in [-0.2, 0) is 9.53 Å². The number of nitrogens with one attached hydrogen (secondary N) is 1. The number of halogens is 3. The molecule has 28 heavy (non-hydrogen) atoms. The molecule has 2 rings (SSSR count). The van der Waals surface area contributed by atoms with Crippen molar-refractivity contribution in [3.63, 3.8) is 0 Å². The Hall–Kier alpha value is -2.02. The Morgan fingerprint density at radius 3 is 2.29 bits per heavy atom. The number of methoxy groups -OCH3 is 1. The number of anilines is 1. The second-order valence-electron chi connectivity index (χ2n) is 6.51. The molecule has 0 bridgehead atoms. The molecule has 1 amide bonds. The van der Waals surface area contributed by atoms with E-state index in [1.165, 1.54) is 21.0 Å². The number of benzene rings is 2. The van der Waals surface area contributed by atoms with Gasteiger partial charge < -0.3 is 0 Å². The fourth-order valence-electron chi connectivity index (χ4n) is 2.43. The molecule has 1 N–H and O–H groups in total. The fourth-order valence-corrected chi connectivity index (χ4v) is 4.94. The molecule has 4 nitrogen and oxygen atoms in total. The molecule has 2 aromatic rings. The summed E-state index contributed by atoms with van der Waals surface area (Å²) in [6.45, 7) is 1.59. The van der Waals surface area contributed by atoms with Crippen molar-refractivity contribution < 1.29 is 27.4 Å². The third-order valence-electron chi connectivity index (χ3n) is 3.83. The molecule has 0 saturated heterocycles. The van der Waals surface area contributed by atoms with Gasteiger partial charge in [-0.25, -0.2) is 0 Å². The van der Waals surface area contributed by atoms with Crippen LogP contribution in [0.3, 0.4) is 0 Å². The molecule has 2 aromatic carbocycles. The average Bonchev–Trinajstić information content (AvgIpc) is 2.65. The average molecular weight is 460 g/mol. The predicted octanol–water partition coefficient (Wildman–Crippen LogP) is 3.81. The van der Waals surface area contributed by atoms with Crippen LogP contribution in [0.4, 0.5) is 18.9 Å². The molecule has 0 spiro atoms. The molecule has 0 heterocycles. The zero-order chi connectivity index (χ0) is 20.8. The number of hydrogen-bond acceptors (Lipinski definition) is 3. The molecular weight excluding hydrogens is 438 g/mol. The summed E-state index contributed by atoms with van der Waals surface area (Å²) in [7, 11) is 1.51. The van der Waals surface area contributed by atoms with Crippen LogP contribution in [0.15, 0.2) is 54.6 Å². The first-order valence-corrected chi connectivity index (χ1v) is 10.3. The predicted molar refractivity (Wildman–Crippen MR) is 103 cm³/mol. The van der Waals surface area contributed by atoms with Crippen molar-refractivity contribution in [1.82, 2.24) is 0 Å². The van der Waals surface area contributed by atoms with E-state index in [1.807, 2.05) is 12.1 Å². The first-order chi connectivity index (χ1) is 13.1. The Kier molecular flexibility index (Phi) is 7.52. The molecule has 1 unspecified atom stereocenters. The van der Waals surface area contributed by atoms with E-state index in [4.69, 9.17) is 9.47 Å². The van der Waals surface area contributed by atoms with Gasteiger partial charge in [0, 0.05) is 0 Å². The molecule has 0 fully saturated rings. The topological polar surface area (TPSA) is 47.6 Å². The van der Waals surface area contributed by atoms with Gasteiger partial charge in [-0.2, -0.15) is 0 Å². The normalized spacial score (nSPS) is 13.1. The third-order valence-corrected chi connectivity index (χ3v) is 7.21. The number of carbonyl (C=O) groups excluding carboxylic acids is 1. The van der Waals surface area contributed by atoms with Crippen LogP contribution in [-0.4, -0.2) is 46.4 Å². The van der Waals surface area contributed by atoms with Crippen molar-refractivity contribution >= 4 is 31.0 Å². The van der Waals surface area contributed by atoms with Crippen LogP contribution in [0.1, 0.15) is 13.8 Å². The maximum atomic E-state index is 13.0. The Labute approximate surface area is 168 Å². The van der Waals surface area contributed by atoms with E-state index in [2.05, 4.69) is 5.32 Å². The van der Waals surface area contributed by atoms with Crippen molar-refractivity contribution in [3.8, 4) is 5.75 Å². The number of amides is 1. The van der Waals surface area contributed by atoms with E-state index in [0.29, 0.717) is 11.4 Å². The molecule has 0 aliphatic heterocycles. The van der Waals surface area contributed by atoms with Crippen LogP contribution in [0.5, 0.6) is 5.75 Å². The summed E-state index contributed by atoms with van der Waals surface area (Å²) in [5.41, 5.74) is -0.769. The van der Waals surface area contributed by atoms with Gasteiger partial charge in [-0.15, -0.1) is 0 Å². The zero-order valence-electron chi connectivity index (χ0n) is 15.7. The van der Waals surface area contributed by atoms with Gasteiger partial charge in [0.15, 0.2) is 0 Å². The summed E-state index contributed by atoms with van der Waals surface area (Å²) in [5.74, 6) is 0.191. The molecule has 0 aromatic heterocycles. The number of carbonyl (C=O) groups is 1. The molecule has 0 aliphatic carbocycles. The number of hydrogen-bond donors (Lipinski definition) is 1. The number of alkyl halides is 3. The molecular formula is C20H22F3NO3Se. The SMILES string of the molecule is COc1ccccc1[Se]C(C(=O)Nc1ccccc1)C(C)(C)OCC(F)(F)F. The van der Waals surface area contributed by atoms with Crippen molar-refractivity contribution in [2.45, 2.75) is 30.4 Å². The van der Waals surface area contributed by atoms with Crippen LogP contribution >= 0.6 is 0 Å². The van der Waals surface area contributed by atoms with Crippen LogP contribution in [0.25, 0.3) is 0 Å². The molecule has 8 heteroatoms. The Morgan fingerprint density at radius 2 is 1.68 bits per heavy atom. The van der Waals surface area contributed by atoms with E-state index < -0.39 is 44.1 Å². The van der Waals surface area contributed by atoms with Crippen molar-refractivity contribution in [2.75, 3.05) is 19.0 Å². The summed E-state index contributed by atoms with van der Waals surface area (Å²) in [5, 5.41) is 2.78. The van der Waals surface area contributed by atoms with Gasteiger partial charge in [0.2, 0.25) is 0 Å². The zero-order valence-corrected chi connectivity index (χ0v) is 17.5. The molecule has 1 atom stereocenters. The number of ether oxygens (including phenoxy) is 2. The Morgan fingerprint density at radius 1 is 1.07 bits per heavy atom. The van der Waals surface area contributed by atoms with Crippen LogP contribution in [0, 0.1) is 0 Å². The van der Waals surface area contributed by atoms with Gasteiger partial charge in [0.25, 0.3) is 0 Å². The van der Waals surface area contributed by atoms with E-state index in [0.717, 1.165) is 4.46 Å². The minimum absolute atomic E-state index is 0.399. The summed E-state index contributed by atoms with van der Waals surface area (Å²) >= 11 is -0.541. The maximum absolute atomic E-state index is 13.0. The van der Waals surface area contributed by atoms with E-state index in [1.54, 1.807) is 42.5 Å². The summed E-state index contributed by atoms with van der Waals surface area (Å²) < 4.78 is 49.4.